The highest BCUT2D eigenvalue weighted by Gasteiger charge is 2.15. The van der Waals surface area contributed by atoms with Crippen molar-refractivity contribution < 1.29 is 8.42 Å². The number of hydrogen-bond donors (Lipinski definition) is 2. The van der Waals surface area contributed by atoms with Gasteiger partial charge in [0.05, 0.1) is 4.90 Å². The number of nitrogens with one attached hydrogen (secondary N) is 2. The summed E-state index contributed by atoms with van der Waals surface area (Å²) < 4.78 is 27.1. The Morgan fingerprint density at radius 3 is 2.70 bits per heavy atom. The fourth-order valence-corrected chi connectivity index (χ4v) is 3.57. The smallest absolute Gasteiger partial charge is 0.240 e. The van der Waals surface area contributed by atoms with Crippen LogP contribution >= 0.6 is 11.8 Å². The highest BCUT2D eigenvalue weighted by molar-refractivity contribution is 7.98. The van der Waals surface area contributed by atoms with Crippen LogP contribution in [-0.4, -0.2) is 34.0 Å². The van der Waals surface area contributed by atoms with Crippen molar-refractivity contribution in [2.24, 2.45) is 0 Å². The summed E-state index contributed by atoms with van der Waals surface area (Å²) in [6.07, 6.45) is 3.77. The Morgan fingerprint density at radius 1 is 1.35 bits per heavy atom. The summed E-state index contributed by atoms with van der Waals surface area (Å²) >= 11 is 1.72. The van der Waals surface area contributed by atoms with Crippen LogP contribution in [0.1, 0.15) is 31.4 Å². The maximum Gasteiger partial charge on any atom is 0.240 e. The minimum atomic E-state index is -3.40. The van der Waals surface area contributed by atoms with Crippen LogP contribution < -0.4 is 10.0 Å². The van der Waals surface area contributed by atoms with Gasteiger partial charge in [0.15, 0.2) is 0 Å². The minimum Gasteiger partial charge on any atom is -0.313 e. The van der Waals surface area contributed by atoms with E-state index in [-0.39, 0.29) is 6.04 Å². The molecule has 0 heterocycles. The second-order valence-corrected chi connectivity index (χ2v) is 7.32. The zero-order chi connectivity index (χ0) is 15.0. The summed E-state index contributed by atoms with van der Waals surface area (Å²) in [4.78, 5) is 0.341. The van der Waals surface area contributed by atoms with Crippen LogP contribution in [0.4, 0.5) is 0 Å². The first kappa shape index (κ1) is 17.5. The lowest BCUT2D eigenvalue weighted by atomic mass is 10.1. The molecule has 0 bridgehead atoms. The molecule has 1 aromatic rings. The van der Waals surface area contributed by atoms with Gasteiger partial charge in [0.1, 0.15) is 0 Å². The molecule has 0 radical (unpaired) electrons. The molecule has 0 aliphatic heterocycles. The van der Waals surface area contributed by atoms with E-state index >= 15 is 0 Å². The molecular weight excluding hydrogens is 292 g/mol. The van der Waals surface area contributed by atoms with Gasteiger partial charge in [0.2, 0.25) is 10.0 Å². The van der Waals surface area contributed by atoms with Gasteiger partial charge < -0.3 is 5.32 Å². The molecule has 1 aromatic carbocycles. The van der Waals surface area contributed by atoms with E-state index in [0.717, 1.165) is 24.2 Å². The first-order valence-electron chi connectivity index (χ1n) is 6.81. The maximum absolute atomic E-state index is 12.2. The normalized spacial score (nSPS) is 13.3. The summed E-state index contributed by atoms with van der Waals surface area (Å²) in [6.45, 7) is 2.56. The average molecular weight is 316 g/mol. The largest absolute Gasteiger partial charge is 0.313 e. The molecule has 4 nitrogen and oxygen atoms in total. The van der Waals surface area contributed by atoms with Crippen LogP contribution in [0.2, 0.25) is 0 Å². The quantitative estimate of drug-likeness (QED) is 0.687. The van der Waals surface area contributed by atoms with Gasteiger partial charge in [-0.25, -0.2) is 13.1 Å². The molecule has 20 heavy (non-hydrogen) atoms. The van der Waals surface area contributed by atoms with Gasteiger partial charge >= 0.3 is 0 Å². The van der Waals surface area contributed by atoms with E-state index in [1.54, 1.807) is 30.0 Å². The molecule has 0 spiro atoms. The van der Waals surface area contributed by atoms with Crippen LogP contribution in [0, 0.1) is 0 Å². The monoisotopic (exact) mass is 316 g/mol. The lowest BCUT2D eigenvalue weighted by Gasteiger charge is -2.15. The Kier molecular flexibility index (Phi) is 7.58. The van der Waals surface area contributed by atoms with Crippen molar-refractivity contribution in [1.29, 1.82) is 0 Å². The highest BCUT2D eigenvalue weighted by Crippen LogP contribution is 2.19. The summed E-state index contributed by atoms with van der Waals surface area (Å²) in [6, 6.07) is 7.33. The first-order valence-corrected chi connectivity index (χ1v) is 9.68. The predicted molar refractivity (Wildman–Crippen MR) is 86.7 cm³/mol. The molecule has 114 valence electrons. The molecule has 0 fully saturated rings. The third-order valence-electron chi connectivity index (χ3n) is 3.14. The van der Waals surface area contributed by atoms with E-state index in [9.17, 15) is 8.42 Å². The fraction of sp³-hybridized carbons (Fsp3) is 0.571. The number of rotatable bonds is 9. The Balaban J connectivity index is 2.82. The molecule has 6 heteroatoms. The van der Waals surface area contributed by atoms with Gasteiger partial charge in [0.25, 0.3) is 0 Å². The van der Waals surface area contributed by atoms with E-state index in [1.807, 2.05) is 19.4 Å². The van der Waals surface area contributed by atoms with Crippen molar-refractivity contribution >= 4 is 21.8 Å². The van der Waals surface area contributed by atoms with Crippen molar-refractivity contribution in [3.63, 3.8) is 0 Å². The molecule has 1 rings (SSSR count). The predicted octanol–water partition coefficient (Wildman–Crippen LogP) is 2.39. The van der Waals surface area contributed by atoms with Gasteiger partial charge in [0, 0.05) is 12.6 Å². The standard InChI is InChI=1S/C14H24N2O2S2/c1-4-14(15-2)12-7-5-8-13(11-12)20(17,18)16-9-6-10-19-3/h5,7-8,11,14-16H,4,6,9-10H2,1-3H3. The number of thioether (sulfide) groups is 1. The Bertz CT molecular complexity index is 500. The van der Waals surface area contributed by atoms with Crippen LogP contribution in [-0.2, 0) is 10.0 Å². The molecule has 1 atom stereocenters. The highest BCUT2D eigenvalue weighted by atomic mass is 32.2. The Morgan fingerprint density at radius 2 is 2.10 bits per heavy atom. The Labute approximate surface area is 126 Å². The van der Waals surface area contributed by atoms with Crippen LogP contribution in [0.25, 0.3) is 0 Å². The van der Waals surface area contributed by atoms with Gasteiger partial charge in [-0.05, 0) is 49.6 Å². The molecule has 0 aliphatic rings. The molecule has 0 amide bonds. The topological polar surface area (TPSA) is 58.2 Å². The summed E-state index contributed by atoms with van der Waals surface area (Å²) in [5, 5.41) is 3.19. The molecule has 1 unspecified atom stereocenters. The lowest BCUT2D eigenvalue weighted by molar-refractivity contribution is 0.570. The Hall–Kier alpha value is -0.560. The van der Waals surface area contributed by atoms with E-state index in [2.05, 4.69) is 17.0 Å². The van der Waals surface area contributed by atoms with Crippen LogP contribution in [0.3, 0.4) is 0 Å². The van der Waals surface area contributed by atoms with Crippen molar-refractivity contribution in [2.45, 2.75) is 30.7 Å². The fourth-order valence-electron chi connectivity index (χ4n) is 2.01. The van der Waals surface area contributed by atoms with Crippen LogP contribution in [0.15, 0.2) is 29.2 Å². The van der Waals surface area contributed by atoms with Crippen molar-refractivity contribution in [2.75, 3.05) is 25.6 Å². The summed E-state index contributed by atoms with van der Waals surface area (Å²) in [5.74, 6) is 0.959. The van der Waals surface area contributed by atoms with Gasteiger partial charge in [-0.15, -0.1) is 0 Å². The van der Waals surface area contributed by atoms with Crippen molar-refractivity contribution in [3.8, 4) is 0 Å². The molecule has 0 saturated heterocycles. The molecule has 0 aliphatic carbocycles. The van der Waals surface area contributed by atoms with E-state index in [1.165, 1.54) is 0 Å². The SMILES string of the molecule is CCC(NC)c1cccc(S(=O)(=O)NCCCSC)c1. The first-order chi connectivity index (χ1) is 9.55. The molecular formula is C14H24N2O2S2. The molecule has 0 aromatic heterocycles. The van der Waals surface area contributed by atoms with Gasteiger partial charge in [-0.3, -0.25) is 0 Å². The third kappa shape index (κ3) is 5.09. The van der Waals surface area contributed by atoms with Crippen LogP contribution in [0.5, 0.6) is 0 Å². The molecule has 2 N–H and O–H groups in total. The van der Waals surface area contributed by atoms with E-state index in [0.29, 0.717) is 11.4 Å². The lowest BCUT2D eigenvalue weighted by Crippen LogP contribution is -2.25. The third-order valence-corrected chi connectivity index (χ3v) is 5.30. The number of hydrogen-bond acceptors (Lipinski definition) is 4. The maximum atomic E-state index is 12.2. The number of benzene rings is 1. The van der Waals surface area contributed by atoms with Crippen molar-refractivity contribution in [3.05, 3.63) is 29.8 Å². The molecule has 0 saturated carbocycles. The average Bonchev–Trinajstić information content (AvgIpc) is 2.45. The van der Waals surface area contributed by atoms with Gasteiger partial charge in [-0.2, -0.15) is 11.8 Å². The zero-order valence-corrected chi connectivity index (χ0v) is 14.0. The summed E-state index contributed by atoms with van der Waals surface area (Å²) in [5.41, 5.74) is 1.00. The van der Waals surface area contributed by atoms with E-state index in [4.69, 9.17) is 0 Å². The van der Waals surface area contributed by atoms with Crippen molar-refractivity contribution in [1.82, 2.24) is 10.0 Å². The zero-order valence-electron chi connectivity index (χ0n) is 12.3. The number of sulfonamides is 1. The second kappa shape index (κ2) is 8.67. The second-order valence-electron chi connectivity index (χ2n) is 4.57. The summed E-state index contributed by atoms with van der Waals surface area (Å²) in [7, 11) is -1.52. The van der Waals surface area contributed by atoms with E-state index < -0.39 is 10.0 Å². The minimum absolute atomic E-state index is 0.182. The van der Waals surface area contributed by atoms with Gasteiger partial charge in [-0.1, -0.05) is 19.1 Å².